The molecule has 4 unspecified atom stereocenters. The van der Waals surface area contributed by atoms with Crippen LogP contribution in [0.15, 0.2) is 0 Å². The molecule has 0 spiro atoms. The lowest BCUT2D eigenvalue weighted by atomic mass is 9.74. The molecule has 1 fully saturated rings. The summed E-state index contributed by atoms with van der Waals surface area (Å²) >= 11 is 0. The summed E-state index contributed by atoms with van der Waals surface area (Å²) in [5.74, 6) is 3.17. The molecule has 1 aliphatic rings. The molecule has 0 aliphatic heterocycles. The maximum atomic E-state index is 5.20. The Kier molecular flexibility index (Phi) is 6.50. The maximum absolute atomic E-state index is 5.20. The molecule has 0 aromatic heterocycles. The van der Waals surface area contributed by atoms with Gasteiger partial charge >= 0.3 is 0 Å². The van der Waals surface area contributed by atoms with E-state index in [1.807, 2.05) is 0 Å². The van der Waals surface area contributed by atoms with Crippen molar-refractivity contribution in [2.24, 2.45) is 23.7 Å². The Hall–Kier alpha value is -0.0800. The first kappa shape index (κ1) is 15.0. The molecular weight excluding hydrogens is 210 g/mol. The molecule has 0 aromatic carbocycles. The van der Waals surface area contributed by atoms with Gasteiger partial charge in [-0.3, -0.25) is 0 Å². The minimum absolute atomic E-state index is 0.616. The van der Waals surface area contributed by atoms with Crippen molar-refractivity contribution in [1.29, 1.82) is 0 Å². The van der Waals surface area contributed by atoms with Crippen LogP contribution in [0.5, 0.6) is 0 Å². The fourth-order valence-corrected chi connectivity index (χ4v) is 3.13. The number of nitrogens with one attached hydrogen (secondary N) is 1. The van der Waals surface area contributed by atoms with Gasteiger partial charge in [-0.15, -0.1) is 0 Å². The molecular formula is C15H31NO. The van der Waals surface area contributed by atoms with Crippen LogP contribution in [-0.2, 0) is 4.74 Å². The summed E-state index contributed by atoms with van der Waals surface area (Å²) in [6.45, 7) is 11.3. The zero-order valence-corrected chi connectivity index (χ0v) is 12.3. The third-order valence-electron chi connectivity index (χ3n) is 4.20. The molecule has 0 bridgehead atoms. The largest absolute Gasteiger partial charge is 0.384 e. The van der Waals surface area contributed by atoms with Gasteiger partial charge in [-0.2, -0.15) is 0 Å². The van der Waals surface area contributed by atoms with Crippen LogP contribution in [0.25, 0.3) is 0 Å². The van der Waals surface area contributed by atoms with Crippen molar-refractivity contribution in [3.63, 3.8) is 0 Å². The zero-order chi connectivity index (χ0) is 12.8. The van der Waals surface area contributed by atoms with Crippen molar-refractivity contribution in [2.75, 3.05) is 20.3 Å². The highest BCUT2D eigenvalue weighted by Gasteiger charge is 2.30. The number of methoxy groups -OCH3 is 1. The summed E-state index contributed by atoms with van der Waals surface area (Å²) in [7, 11) is 1.79. The quantitative estimate of drug-likeness (QED) is 0.770. The van der Waals surface area contributed by atoms with E-state index in [2.05, 4.69) is 33.0 Å². The minimum Gasteiger partial charge on any atom is -0.384 e. The first-order valence-electron chi connectivity index (χ1n) is 7.26. The van der Waals surface area contributed by atoms with Gasteiger partial charge in [0.2, 0.25) is 0 Å². The molecule has 1 rings (SSSR count). The van der Waals surface area contributed by atoms with Gasteiger partial charge in [-0.25, -0.2) is 0 Å². The van der Waals surface area contributed by atoms with Crippen molar-refractivity contribution in [3.05, 3.63) is 0 Å². The van der Waals surface area contributed by atoms with E-state index in [4.69, 9.17) is 4.74 Å². The summed E-state index contributed by atoms with van der Waals surface area (Å²) < 4.78 is 5.20. The summed E-state index contributed by atoms with van der Waals surface area (Å²) in [5.41, 5.74) is 0. The van der Waals surface area contributed by atoms with Crippen LogP contribution < -0.4 is 5.32 Å². The molecule has 0 amide bonds. The van der Waals surface area contributed by atoms with E-state index in [1.54, 1.807) is 7.11 Å². The molecule has 0 aromatic rings. The van der Waals surface area contributed by atoms with Crippen LogP contribution in [0.1, 0.15) is 47.0 Å². The van der Waals surface area contributed by atoms with Gasteiger partial charge in [-0.05, 0) is 36.5 Å². The van der Waals surface area contributed by atoms with Crippen molar-refractivity contribution in [3.8, 4) is 0 Å². The minimum atomic E-state index is 0.616. The number of hydrogen-bond acceptors (Lipinski definition) is 2. The summed E-state index contributed by atoms with van der Waals surface area (Å²) in [6.07, 6.45) is 4.16. The van der Waals surface area contributed by atoms with Crippen molar-refractivity contribution >= 4 is 0 Å². The Morgan fingerprint density at radius 3 is 2.53 bits per heavy atom. The third kappa shape index (κ3) is 4.97. The maximum Gasteiger partial charge on any atom is 0.0499 e. The van der Waals surface area contributed by atoms with Crippen LogP contribution in [0.4, 0.5) is 0 Å². The Balaban J connectivity index is 2.41. The highest BCUT2D eigenvalue weighted by Crippen LogP contribution is 2.33. The Labute approximate surface area is 108 Å². The van der Waals surface area contributed by atoms with Gasteiger partial charge < -0.3 is 10.1 Å². The topological polar surface area (TPSA) is 21.3 Å². The van der Waals surface area contributed by atoms with E-state index in [9.17, 15) is 0 Å². The van der Waals surface area contributed by atoms with E-state index >= 15 is 0 Å². The van der Waals surface area contributed by atoms with Crippen molar-refractivity contribution in [2.45, 2.75) is 53.0 Å². The molecule has 1 N–H and O–H groups in total. The van der Waals surface area contributed by atoms with Gasteiger partial charge in [0.25, 0.3) is 0 Å². The molecule has 102 valence electrons. The third-order valence-corrected chi connectivity index (χ3v) is 4.20. The molecule has 4 atom stereocenters. The Morgan fingerprint density at radius 2 is 1.94 bits per heavy atom. The predicted molar refractivity (Wildman–Crippen MR) is 74.2 cm³/mol. The second kappa shape index (κ2) is 7.38. The van der Waals surface area contributed by atoms with Crippen LogP contribution in [0, 0.1) is 23.7 Å². The second-order valence-corrected chi connectivity index (χ2v) is 6.40. The predicted octanol–water partition coefficient (Wildman–Crippen LogP) is 3.32. The van der Waals surface area contributed by atoms with Gasteiger partial charge in [0, 0.05) is 26.3 Å². The van der Waals surface area contributed by atoms with Crippen molar-refractivity contribution < 1.29 is 4.74 Å². The van der Waals surface area contributed by atoms with E-state index in [0.29, 0.717) is 5.92 Å². The van der Waals surface area contributed by atoms with Gasteiger partial charge in [0.1, 0.15) is 0 Å². The lowest BCUT2D eigenvalue weighted by Crippen LogP contribution is -2.44. The SMILES string of the molecule is COCC(C)CNC1CC(C)CCC1C(C)C. The van der Waals surface area contributed by atoms with Crippen LogP contribution in [0.3, 0.4) is 0 Å². The first-order valence-corrected chi connectivity index (χ1v) is 7.26. The number of ether oxygens (including phenoxy) is 1. The monoisotopic (exact) mass is 241 g/mol. The smallest absolute Gasteiger partial charge is 0.0499 e. The van der Waals surface area contributed by atoms with Gasteiger partial charge in [-0.1, -0.05) is 34.1 Å². The van der Waals surface area contributed by atoms with Crippen molar-refractivity contribution in [1.82, 2.24) is 5.32 Å². The van der Waals surface area contributed by atoms with E-state index < -0.39 is 0 Å². The lowest BCUT2D eigenvalue weighted by Gasteiger charge is -2.38. The van der Waals surface area contributed by atoms with Crippen LogP contribution in [0.2, 0.25) is 0 Å². The molecule has 17 heavy (non-hydrogen) atoms. The van der Waals surface area contributed by atoms with Gasteiger partial charge in [0.05, 0.1) is 0 Å². The normalized spacial score (nSPS) is 31.8. The molecule has 0 saturated heterocycles. The average molecular weight is 241 g/mol. The average Bonchev–Trinajstić information content (AvgIpc) is 2.26. The highest BCUT2D eigenvalue weighted by atomic mass is 16.5. The molecule has 1 aliphatic carbocycles. The van der Waals surface area contributed by atoms with Gasteiger partial charge in [0.15, 0.2) is 0 Å². The summed E-state index contributed by atoms with van der Waals surface area (Å²) in [4.78, 5) is 0. The molecule has 1 saturated carbocycles. The number of rotatable bonds is 6. The molecule has 2 nitrogen and oxygen atoms in total. The fourth-order valence-electron chi connectivity index (χ4n) is 3.13. The van der Waals surface area contributed by atoms with E-state index in [-0.39, 0.29) is 0 Å². The Morgan fingerprint density at radius 1 is 1.24 bits per heavy atom. The summed E-state index contributed by atoms with van der Waals surface area (Å²) in [6, 6.07) is 0.720. The molecule has 0 radical (unpaired) electrons. The first-order chi connectivity index (χ1) is 8.04. The van der Waals surface area contributed by atoms with Crippen LogP contribution in [-0.4, -0.2) is 26.3 Å². The highest BCUT2D eigenvalue weighted by molar-refractivity contribution is 4.85. The Bertz CT molecular complexity index is 205. The van der Waals surface area contributed by atoms with Crippen LogP contribution >= 0.6 is 0 Å². The van der Waals surface area contributed by atoms with E-state index in [1.165, 1.54) is 19.3 Å². The second-order valence-electron chi connectivity index (χ2n) is 6.40. The summed E-state index contributed by atoms with van der Waals surface area (Å²) in [5, 5.41) is 3.79. The zero-order valence-electron chi connectivity index (χ0n) is 12.3. The van der Waals surface area contributed by atoms with E-state index in [0.717, 1.165) is 36.9 Å². The molecule has 2 heteroatoms. The lowest BCUT2D eigenvalue weighted by molar-refractivity contribution is 0.136. The fraction of sp³-hybridized carbons (Fsp3) is 1.00. The molecule has 0 heterocycles. The standard InChI is InChI=1S/C15H31NO/c1-11(2)14-7-6-12(3)8-15(14)16-9-13(4)10-17-5/h11-16H,6-10H2,1-5H3. The number of hydrogen-bond donors (Lipinski definition) is 1.